The molecule has 0 saturated heterocycles. The summed E-state index contributed by atoms with van der Waals surface area (Å²) in [6.45, 7) is 5.76. The second-order valence-corrected chi connectivity index (χ2v) is 5.46. The van der Waals surface area contributed by atoms with Gasteiger partial charge in [-0.3, -0.25) is 4.79 Å². The molecule has 20 heavy (non-hydrogen) atoms. The Balaban J connectivity index is 2.70. The van der Waals surface area contributed by atoms with Crippen molar-refractivity contribution in [1.29, 1.82) is 0 Å². The fourth-order valence-electron chi connectivity index (χ4n) is 1.77. The minimum absolute atomic E-state index is 0.0763. The zero-order valence-electron chi connectivity index (χ0n) is 11.8. The molecular formula is C14H19Cl2FN2O. The molecule has 1 aromatic carbocycles. The zero-order valence-corrected chi connectivity index (χ0v) is 13.3. The first kappa shape index (κ1) is 17.1. The number of hydrogen-bond acceptors (Lipinski definition) is 2. The molecule has 1 amide bonds. The Labute approximate surface area is 128 Å². The molecule has 0 fully saturated rings. The molecule has 6 heteroatoms. The van der Waals surface area contributed by atoms with Crippen LogP contribution in [0.2, 0.25) is 10.0 Å². The summed E-state index contributed by atoms with van der Waals surface area (Å²) >= 11 is 11.4. The fraction of sp³-hybridized carbons (Fsp3) is 0.500. The minimum Gasteiger partial charge on any atom is -0.374 e. The number of rotatable bonds is 6. The molecule has 0 radical (unpaired) electrons. The minimum atomic E-state index is -0.659. The third kappa shape index (κ3) is 4.53. The molecule has 1 aromatic rings. The quantitative estimate of drug-likeness (QED) is 0.770. The average molecular weight is 321 g/mol. The third-order valence-corrected chi connectivity index (χ3v) is 3.64. The number of amides is 1. The van der Waals surface area contributed by atoms with E-state index in [0.29, 0.717) is 5.69 Å². The molecule has 0 aliphatic rings. The Kier molecular flexibility index (Phi) is 6.56. The van der Waals surface area contributed by atoms with E-state index in [1.807, 2.05) is 13.8 Å². The molecule has 112 valence electrons. The van der Waals surface area contributed by atoms with Gasteiger partial charge in [0.05, 0.1) is 10.0 Å². The molecular weight excluding hydrogens is 302 g/mol. The molecule has 0 saturated carbocycles. The van der Waals surface area contributed by atoms with Gasteiger partial charge in [0.15, 0.2) is 5.82 Å². The molecule has 1 atom stereocenters. The Hall–Kier alpha value is -1.00. The van der Waals surface area contributed by atoms with Crippen LogP contribution in [0.1, 0.15) is 33.6 Å². The maximum atomic E-state index is 13.3. The largest absolute Gasteiger partial charge is 0.374 e. The van der Waals surface area contributed by atoms with Crippen LogP contribution in [-0.2, 0) is 4.79 Å². The van der Waals surface area contributed by atoms with Crippen LogP contribution in [0.3, 0.4) is 0 Å². The zero-order chi connectivity index (χ0) is 15.3. The van der Waals surface area contributed by atoms with Gasteiger partial charge in [0.1, 0.15) is 6.04 Å². The van der Waals surface area contributed by atoms with E-state index < -0.39 is 11.9 Å². The van der Waals surface area contributed by atoms with Gasteiger partial charge >= 0.3 is 0 Å². The van der Waals surface area contributed by atoms with Gasteiger partial charge in [-0.2, -0.15) is 0 Å². The molecule has 0 aliphatic heterocycles. The third-order valence-electron chi connectivity index (χ3n) is 3.09. The van der Waals surface area contributed by atoms with E-state index in [0.717, 1.165) is 12.8 Å². The summed E-state index contributed by atoms with van der Waals surface area (Å²) in [5.41, 5.74) is 0.508. The lowest BCUT2D eigenvalue weighted by molar-refractivity contribution is -0.122. The summed E-state index contributed by atoms with van der Waals surface area (Å²) in [6.07, 6.45) is 1.76. The van der Waals surface area contributed by atoms with Gasteiger partial charge < -0.3 is 10.6 Å². The van der Waals surface area contributed by atoms with Crippen molar-refractivity contribution >= 4 is 34.8 Å². The van der Waals surface area contributed by atoms with Gasteiger partial charge in [0, 0.05) is 11.7 Å². The van der Waals surface area contributed by atoms with Crippen molar-refractivity contribution in [2.75, 3.05) is 5.32 Å². The van der Waals surface area contributed by atoms with E-state index in [9.17, 15) is 9.18 Å². The highest BCUT2D eigenvalue weighted by Gasteiger charge is 2.16. The van der Waals surface area contributed by atoms with Crippen molar-refractivity contribution in [1.82, 2.24) is 5.32 Å². The summed E-state index contributed by atoms with van der Waals surface area (Å²) in [5, 5.41) is 5.74. The van der Waals surface area contributed by atoms with Crippen LogP contribution in [0.25, 0.3) is 0 Å². The van der Waals surface area contributed by atoms with Crippen LogP contribution >= 0.6 is 23.2 Å². The number of carbonyl (C=O) groups is 1. The number of carbonyl (C=O) groups excluding carboxylic acids is 1. The SMILES string of the molecule is CCC(CC)NC(=O)C(C)Nc1cc(Cl)c(F)c(Cl)c1. The maximum absolute atomic E-state index is 13.3. The molecule has 0 heterocycles. The summed E-state index contributed by atoms with van der Waals surface area (Å²) in [5.74, 6) is -0.775. The highest BCUT2D eigenvalue weighted by molar-refractivity contribution is 6.35. The van der Waals surface area contributed by atoms with E-state index >= 15 is 0 Å². The highest BCUT2D eigenvalue weighted by atomic mass is 35.5. The lowest BCUT2D eigenvalue weighted by Crippen LogP contribution is -2.42. The first-order valence-corrected chi connectivity index (χ1v) is 7.36. The predicted molar refractivity (Wildman–Crippen MR) is 82.0 cm³/mol. The van der Waals surface area contributed by atoms with Crippen molar-refractivity contribution < 1.29 is 9.18 Å². The van der Waals surface area contributed by atoms with Crippen molar-refractivity contribution in [3.05, 3.63) is 28.0 Å². The average Bonchev–Trinajstić information content (AvgIpc) is 2.41. The maximum Gasteiger partial charge on any atom is 0.242 e. The molecule has 0 aliphatic carbocycles. The molecule has 0 bridgehead atoms. The number of benzene rings is 1. The first-order chi connectivity index (χ1) is 9.38. The summed E-state index contributed by atoms with van der Waals surface area (Å²) in [7, 11) is 0. The topological polar surface area (TPSA) is 41.1 Å². The molecule has 0 spiro atoms. The summed E-state index contributed by atoms with van der Waals surface area (Å²) in [6, 6.07) is 2.51. The first-order valence-electron chi connectivity index (χ1n) is 6.60. The van der Waals surface area contributed by atoms with Gasteiger partial charge in [-0.05, 0) is 31.9 Å². The normalized spacial score (nSPS) is 12.3. The molecule has 1 rings (SSSR count). The van der Waals surface area contributed by atoms with Gasteiger partial charge in [-0.15, -0.1) is 0 Å². The Morgan fingerprint density at radius 2 is 1.75 bits per heavy atom. The number of anilines is 1. The second-order valence-electron chi connectivity index (χ2n) is 4.64. The van der Waals surface area contributed by atoms with E-state index in [4.69, 9.17) is 23.2 Å². The highest BCUT2D eigenvalue weighted by Crippen LogP contribution is 2.27. The van der Waals surface area contributed by atoms with Crippen molar-refractivity contribution in [2.24, 2.45) is 0 Å². The van der Waals surface area contributed by atoms with Gasteiger partial charge in [0.2, 0.25) is 5.91 Å². The van der Waals surface area contributed by atoms with Crippen LogP contribution in [0, 0.1) is 5.82 Å². The lowest BCUT2D eigenvalue weighted by atomic mass is 10.1. The van der Waals surface area contributed by atoms with Gasteiger partial charge in [0.25, 0.3) is 0 Å². The summed E-state index contributed by atoms with van der Waals surface area (Å²) in [4.78, 5) is 12.0. The van der Waals surface area contributed by atoms with E-state index in [1.54, 1.807) is 6.92 Å². The predicted octanol–water partition coefficient (Wildman–Crippen LogP) is 4.24. The lowest BCUT2D eigenvalue weighted by Gasteiger charge is -2.20. The Bertz CT molecular complexity index is 455. The van der Waals surface area contributed by atoms with Crippen LogP contribution in [-0.4, -0.2) is 18.0 Å². The molecule has 0 aromatic heterocycles. The monoisotopic (exact) mass is 320 g/mol. The molecule has 3 nitrogen and oxygen atoms in total. The fourth-order valence-corrected chi connectivity index (χ4v) is 2.26. The standard InChI is InChI=1S/C14H19Cl2FN2O/c1-4-9(5-2)19-14(20)8(3)18-10-6-11(15)13(17)12(16)7-10/h6-9,18H,4-5H2,1-3H3,(H,19,20). The van der Waals surface area contributed by atoms with Crippen molar-refractivity contribution in [3.8, 4) is 0 Å². The molecule has 2 N–H and O–H groups in total. The van der Waals surface area contributed by atoms with E-state index in [-0.39, 0.29) is 22.0 Å². The second kappa shape index (κ2) is 7.70. The number of hydrogen-bond donors (Lipinski definition) is 2. The van der Waals surface area contributed by atoms with Crippen LogP contribution in [0.5, 0.6) is 0 Å². The Morgan fingerprint density at radius 3 is 2.20 bits per heavy atom. The Morgan fingerprint density at radius 1 is 1.25 bits per heavy atom. The van der Waals surface area contributed by atoms with Crippen LogP contribution in [0.4, 0.5) is 10.1 Å². The number of nitrogens with one attached hydrogen (secondary N) is 2. The van der Waals surface area contributed by atoms with E-state index in [2.05, 4.69) is 10.6 Å². The van der Waals surface area contributed by atoms with Crippen molar-refractivity contribution in [2.45, 2.75) is 45.7 Å². The smallest absolute Gasteiger partial charge is 0.242 e. The van der Waals surface area contributed by atoms with Gasteiger partial charge in [-0.25, -0.2) is 4.39 Å². The molecule has 1 unspecified atom stereocenters. The van der Waals surface area contributed by atoms with Crippen LogP contribution < -0.4 is 10.6 Å². The van der Waals surface area contributed by atoms with Crippen molar-refractivity contribution in [3.63, 3.8) is 0 Å². The van der Waals surface area contributed by atoms with Gasteiger partial charge in [-0.1, -0.05) is 37.0 Å². The summed E-state index contributed by atoms with van der Waals surface area (Å²) < 4.78 is 13.3. The van der Waals surface area contributed by atoms with E-state index in [1.165, 1.54) is 12.1 Å². The van der Waals surface area contributed by atoms with Crippen LogP contribution in [0.15, 0.2) is 12.1 Å². The number of halogens is 3.